The molecule has 0 saturated heterocycles. The molecule has 2 aromatic carbocycles. The number of ketones is 1. The van der Waals surface area contributed by atoms with Gasteiger partial charge >= 0.3 is 0 Å². The van der Waals surface area contributed by atoms with Crippen molar-refractivity contribution in [1.82, 2.24) is 5.32 Å². The molecule has 0 heterocycles. The first-order valence-corrected chi connectivity index (χ1v) is 8.80. The van der Waals surface area contributed by atoms with Gasteiger partial charge in [-0.25, -0.2) is 8.42 Å². The van der Waals surface area contributed by atoms with E-state index in [1.165, 1.54) is 51.4 Å². The lowest BCUT2D eigenvalue weighted by molar-refractivity contribution is 0.0958. The number of anilines is 1. The minimum atomic E-state index is -3.94. The van der Waals surface area contributed by atoms with Crippen molar-refractivity contribution in [2.45, 2.75) is 11.8 Å². The summed E-state index contributed by atoms with van der Waals surface area (Å²) in [5, 5.41) is 2.43. The molecule has 0 radical (unpaired) electrons. The number of carbonyl (C=O) groups excluding carboxylic acids is 2. The molecule has 2 rings (SSSR count). The van der Waals surface area contributed by atoms with Crippen molar-refractivity contribution in [2.24, 2.45) is 0 Å². The van der Waals surface area contributed by atoms with E-state index < -0.39 is 15.9 Å². The second-order valence-corrected chi connectivity index (χ2v) is 6.87. The van der Waals surface area contributed by atoms with Crippen LogP contribution in [0.25, 0.3) is 0 Å². The summed E-state index contributed by atoms with van der Waals surface area (Å²) in [6.45, 7) is 1.40. The zero-order chi connectivity index (χ0) is 18.6. The Kier molecular flexibility index (Phi) is 5.43. The Morgan fingerprint density at radius 3 is 2.40 bits per heavy atom. The van der Waals surface area contributed by atoms with Gasteiger partial charge in [0.05, 0.1) is 17.6 Å². The van der Waals surface area contributed by atoms with Gasteiger partial charge in [-0.2, -0.15) is 0 Å². The number of hydrogen-bond acceptors (Lipinski definition) is 5. The molecule has 1 amide bonds. The molecule has 0 aliphatic carbocycles. The zero-order valence-electron chi connectivity index (χ0n) is 14.0. The number of sulfonamides is 1. The van der Waals surface area contributed by atoms with Crippen molar-refractivity contribution in [3.05, 3.63) is 53.6 Å². The first kappa shape index (κ1) is 18.5. The quantitative estimate of drug-likeness (QED) is 0.766. The molecule has 132 valence electrons. The van der Waals surface area contributed by atoms with Gasteiger partial charge in [-0.05, 0) is 37.3 Å². The van der Waals surface area contributed by atoms with Gasteiger partial charge in [0.1, 0.15) is 5.75 Å². The van der Waals surface area contributed by atoms with Crippen LogP contribution in [0.5, 0.6) is 5.75 Å². The molecule has 2 N–H and O–H groups in total. The number of nitrogens with one attached hydrogen (secondary N) is 2. The van der Waals surface area contributed by atoms with Crippen LogP contribution in [0.15, 0.2) is 47.4 Å². The predicted molar refractivity (Wildman–Crippen MR) is 93.6 cm³/mol. The number of amides is 1. The zero-order valence-corrected chi connectivity index (χ0v) is 14.8. The Labute approximate surface area is 146 Å². The molecule has 25 heavy (non-hydrogen) atoms. The molecule has 0 aromatic heterocycles. The van der Waals surface area contributed by atoms with Crippen LogP contribution in [-0.4, -0.2) is 34.3 Å². The Bertz CT molecular complexity index is 922. The Morgan fingerprint density at radius 1 is 1.08 bits per heavy atom. The van der Waals surface area contributed by atoms with E-state index in [-0.39, 0.29) is 27.7 Å². The third-order valence-electron chi connectivity index (χ3n) is 3.47. The molecule has 0 saturated carbocycles. The van der Waals surface area contributed by atoms with Gasteiger partial charge in [-0.3, -0.25) is 14.3 Å². The first-order valence-electron chi connectivity index (χ1n) is 7.32. The highest BCUT2D eigenvalue weighted by Crippen LogP contribution is 2.24. The summed E-state index contributed by atoms with van der Waals surface area (Å²) < 4.78 is 32.6. The molecule has 0 fully saturated rings. The fraction of sp³-hybridized carbons (Fsp3) is 0.176. The highest BCUT2D eigenvalue weighted by Gasteiger charge is 2.19. The van der Waals surface area contributed by atoms with E-state index in [0.29, 0.717) is 5.56 Å². The van der Waals surface area contributed by atoms with Crippen LogP contribution in [0.2, 0.25) is 0 Å². The van der Waals surface area contributed by atoms with Crippen molar-refractivity contribution in [3.63, 3.8) is 0 Å². The predicted octanol–water partition coefficient (Wildman–Crippen LogP) is 2.06. The molecule has 8 heteroatoms. The smallest absolute Gasteiger partial charge is 0.261 e. The molecule has 0 aliphatic rings. The van der Waals surface area contributed by atoms with Crippen molar-refractivity contribution in [2.75, 3.05) is 18.9 Å². The third kappa shape index (κ3) is 4.16. The van der Waals surface area contributed by atoms with Gasteiger partial charge in [0.2, 0.25) is 0 Å². The lowest BCUT2D eigenvalue weighted by atomic mass is 10.1. The van der Waals surface area contributed by atoms with Crippen LogP contribution in [0.4, 0.5) is 5.69 Å². The van der Waals surface area contributed by atoms with Crippen LogP contribution in [-0.2, 0) is 10.0 Å². The van der Waals surface area contributed by atoms with Gasteiger partial charge in [-0.15, -0.1) is 0 Å². The molecule has 0 bridgehead atoms. The molecular weight excluding hydrogens is 344 g/mol. The maximum absolute atomic E-state index is 12.6. The Morgan fingerprint density at radius 2 is 1.80 bits per heavy atom. The standard InChI is InChI=1S/C17H18N2O5S/c1-11(20)12-5-4-6-13(9-12)19-25(22,23)14-7-8-16(24-3)15(10-14)17(21)18-2/h4-10,19H,1-3H3,(H,18,21). The summed E-state index contributed by atoms with van der Waals surface area (Å²) in [6.07, 6.45) is 0. The lowest BCUT2D eigenvalue weighted by Crippen LogP contribution is -2.20. The highest BCUT2D eigenvalue weighted by molar-refractivity contribution is 7.92. The number of benzene rings is 2. The summed E-state index contributed by atoms with van der Waals surface area (Å²) >= 11 is 0. The molecule has 2 aromatic rings. The third-order valence-corrected chi connectivity index (χ3v) is 4.85. The maximum atomic E-state index is 12.6. The van der Waals surface area contributed by atoms with E-state index in [1.54, 1.807) is 12.1 Å². The number of Topliss-reactive ketones (excluding diaryl/α,β-unsaturated/α-hetero) is 1. The summed E-state index contributed by atoms with van der Waals surface area (Å²) in [4.78, 5) is 23.2. The maximum Gasteiger partial charge on any atom is 0.261 e. The molecule has 0 spiro atoms. The van der Waals surface area contributed by atoms with Gasteiger partial charge in [-0.1, -0.05) is 12.1 Å². The average Bonchev–Trinajstić information content (AvgIpc) is 2.60. The van der Waals surface area contributed by atoms with Crippen LogP contribution in [0, 0.1) is 0 Å². The van der Waals surface area contributed by atoms with E-state index in [1.807, 2.05) is 0 Å². The monoisotopic (exact) mass is 362 g/mol. The Hall–Kier alpha value is -2.87. The fourth-order valence-electron chi connectivity index (χ4n) is 2.18. The number of hydrogen-bond donors (Lipinski definition) is 2. The summed E-state index contributed by atoms with van der Waals surface area (Å²) in [5.41, 5.74) is 0.747. The Balaban J connectivity index is 2.41. The number of methoxy groups -OCH3 is 1. The highest BCUT2D eigenvalue weighted by atomic mass is 32.2. The molecular formula is C17H18N2O5S. The van der Waals surface area contributed by atoms with Crippen LogP contribution in [0.1, 0.15) is 27.6 Å². The van der Waals surface area contributed by atoms with E-state index in [9.17, 15) is 18.0 Å². The summed E-state index contributed by atoms with van der Waals surface area (Å²) in [5.74, 6) is -0.378. The van der Waals surface area contributed by atoms with E-state index >= 15 is 0 Å². The minimum Gasteiger partial charge on any atom is -0.496 e. The molecule has 0 unspecified atom stereocenters. The minimum absolute atomic E-state index is 0.0971. The SMILES string of the molecule is CNC(=O)c1cc(S(=O)(=O)Nc2cccc(C(C)=O)c2)ccc1OC. The molecule has 0 aliphatic heterocycles. The van der Waals surface area contributed by atoms with Crippen molar-refractivity contribution in [1.29, 1.82) is 0 Å². The van der Waals surface area contributed by atoms with Gasteiger partial charge < -0.3 is 10.1 Å². The number of ether oxygens (including phenoxy) is 1. The summed E-state index contributed by atoms with van der Waals surface area (Å²) in [7, 11) is -1.11. The van der Waals surface area contributed by atoms with Gasteiger partial charge in [0, 0.05) is 18.3 Å². The number of carbonyl (C=O) groups is 2. The molecule has 7 nitrogen and oxygen atoms in total. The van der Waals surface area contributed by atoms with Crippen molar-refractivity contribution >= 4 is 27.4 Å². The van der Waals surface area contributed by atoms with Crippen LogP contribution < -0.4 is 14.8 Å². The number of rotatable bonds is 6. The van der Waals surface area contributed by atoms with E-state index in [4.69, 9.17) is 4.74 Å². The molecule has 0 atom stereocenters. The van der Waals surface area contributed by atoms with Crippen LogP contribution in [0.3, 0.4) is 0 Å². The van der Waals surface area contributed by atoms with Crippen LogP contribution >= 0.6 is 0 Å². The fourth-order valence-corrected chi connectivity index (χ4v) is 3.26. The first-order chi connectivity index (χ1) is 11.8. The van der Waals surface area contributed by atoms with Gasteiger partial charge in [0.15, 0.2) is 5.78 Å². The lowest BCUT2D eigenvalue weighted by Gasteiger charge is -2.12. The second kappa shape index (κ2) is 7.35. The normalized spacial score (nSPS) is 10.8. The topological polar surface area (TPSA) is 102 Å². The van der Waals surface area contributed by atoms with Crippen molar-refractivity contribution in [3.8, 4) is 5.75 Å². The van der Waals surface area contributed by atoms with E-state index in [0.717, 1.165) is 0 Å². The van der Waals surface area contributed by atoms with Gasteiger partial charge in [0.25, 0.3) is 15.9 Å². The van der Waals surface area contributed by atoms with Crippen molar-refractivity contribution < 1.29 is 22.7 Å². The van der Waals surface area contributed by atoms with E-state index in [2.05, 4.69) is 10.0 Å². The second-order valence-electron chi connectivity index (χ2n) is 5.18. The summed E-state index contributed by atoms with van der Waals surface area (Å²) in [6, 6.07) is 10.1. The average molecular weight is 362 g/mol. The largest absolute Gasteiger partial charge is 0.496 e.